The van der Waals surface area contributed by atoms with Gasteiger partial charge in [-0.15, -0.1) is 0 Å². The predicted octanol–water partition coefficient (Wildman–Crippen LogP) is 5.93. The highest BCUT2D eigenvalue weighted by molar-refractivity contribution is 14.1. The summed E-state index contributed by atoms with van der Waals surface area (Å²) in [4.78, 5) is 0. The molecular formula is C21H20IN. The van der Waals surface area contributed by atoms with E-state index < -0.39 is 0 Å². The average Bonchev–Trinajstić information content (AvgIpc) is 2.62. The van der Waals surface area contributed by atoms with Crippen LogP contribution in [0.5, 0.6) is 0 Å². The summed E-state index contributed by atoms with van der Waals surface area (Å²) in [7, 11) is 0. The second-order valence-corrected chi connectivity index (χ2v) is 6.84. The molecule has 0 spiro atoms. The van der Waals surface area contributed by atoms with Crippen molar-refractivity contribution in [1.82, 2.24) is 0 Å². The first-order valence-corrected chi connectivity index (χ1v) is 9.00. The highest BCUT2D eigenvalue weighted by Gasteiger charge is 2.13. The third kappa shape index (κ3) is 4.58. The molecule has 0 radical (unpaired) electrons. The molecule has 0 aliphatic heterocycles. The van der Waals surface area contributed by atoms with Crippen molar-refractivity contribution in [2.24, 2.45) is 0 Å². The summed E-state index contributed by atoms with van der Waals surface area (Å²) in [5.74, 6) is 0.425. The van der Waals surface area contributed by atoms with E-state index in [0.717, 1.165) is 13.0 Å². The number of anilines is 1. The Hall–Kier alpha value is -1.81. The van der Waals surface area contributed by atoms with Crippen LogP contribution in [-0.2, 0) is 0 Å². The zero-order chi connectivity index (χ0) is 15.9. The van der Waals surface area contributed by atoms with Crippen LogP contribution in [0.2, 0.25) is 0 Å². The van der Waals surface area contributed by atoms with Crippen molar-refractivity contribution in [3.05, 3.63) is 99.6 Å². The summed E-state index contributed by atoms with van der Waals surface area (Å²) >= 11 is 2.33. The van der Waals surface area contributed by atoms with Gasteiger partial charge in [0, 0.05) is 21.7 Å². The van der Waals surface area contributed by atoms with Crippen LogP contribution in [0, 0.1) is 3.57 Å². The van der Waals surface area contributed by atoms with E-state index in [0.29, 0.717) is 5.92 Å². The number of halogens is 1. The summed E-state index contributed by atoms with van der Waals surface area (Å²) in [6.07, 6.45) is 1.07. The smallest absolute Gasteiger partial charge is 0.0340 e. The van der Waals surface area contributed by atoms with Crippen LogP contribution >= 0.6 is 22.6 Å². The molecule has 0 atom stereocenters. The Morgan fingerprint density at radius 1 is 0.696 bits per heavy atom. The van der Waals surface area contributed by atoms with Crippen LogP contribution in [0.15, 0.2) is 84.9 Å². The quantitative estimate of drug-likeness (QED) is 0.495. The molecule has 0 aliphatic rings. The zero-order valence-electron chi connectivity index (χ0n) is 13.0. The fraction of sp³-hybridized carbons (Fsp3) is 0.143. The highest BCUT2D eigenvalue weighted by atomic mass is 127. The van der Waals surface area contributed by atoms with Crippen molar-refractivity contribution in [2.45, 2.75) is 12.3 Å². The lowest BCUT2D eigenvalue weighted by Gasteiger charge is -2.19. The van der Waals surface area contributed by atoms with Crippen molar-refractivity contribution < 1.29 is 0 Å². The maximum atomic E-state index is 3.54. The van der Waals surface area contributed by atoms with Crippen molar-refractivity contribution in [3.8, 4) is 0 Å². The Morgan fingerprint density at radius 2 is 1.22 bits per heavy atom. The summed E-state index contributed by atoms with van der Waals surface area (Å²) in [5.41, 5.74) is 3.94. The van der Waals surface area contributed by atoms with Gasteiger partial charge in [0.1, 0.15) is 0 Å². The van der Waals surface area contributed by atoms with Gasteiger partial charge >= 0.3 is 0 Å². The minimum absolute atomic E-state index is 0.425. The summed E-state index contributed by atoms with van der Waals surface area (Å²) < 4.78 is 1.26. The fourth-order valence-corrected chi connectivity index (χ4v) is 3.18. The van der Waals surface area contributed by atoms with Gasteiger partial charge in [-0.1, -0.05) is 60.7 Å². The van der Waals surface area contributed by atoms with Gasteiger partial charge in [0.15, 0.2) is 0 Å². The fourth-order valence-electron chi connectivity index (χ4n) is 2.83. The topological polar surface area (TPSA) is 12.0 Å². The standard InChI is InChI=1S/C21H20IN/c22-19-11-13-20(14-12-19)23-16-15-21(17-7-3-1-4-8-17)18-9-5-2-6-10-18/h1-14,21,23H,15-16H2. The minimum atomic E-state index is 0.425. The van der Waals surface area contributed by atoms with Gasteiger partial charge in [0.05, 0.1) is 0 Å². The molecule has 0 fully saturated rings. The molecule has 0 bridgehead atoms. The average molecular weight is 413 g/mol. The second-order valence-electron chi connectivity index (χ2n) is 5.60. The molecule has 0 saturated heterocycles. The van der Waals surface area contributed by atoms with Crippen molar-refractivity contribution in [2.75, 3.05) is 11.9 Å². The predicted molar refractivity (Wildman–Crippen MR) is 107 cm³/mol. The van der Waals surface area contributed by atoms with Crippen LogP contribution in [-0.4, -0.2) is 6.54 Å². The van der Waals surface area contributed by atoms with Gasteiger partial charge in [0.2, 0.25) is 0 Å². The number of rotatable bonds is 6. The lowest BCUT2D eigenvalue weighted by Crippen LogP contribution is -2.09. The van der Waals surface area contributed by atoms with E-state index in [4.69, 9.17) is 0 Å². The Labute approximate surface area is 151 Å². The third-order valence-corrected chi connectivity index (χ3v) is 4.73. The molecule has 0 amide bonds. The largest absolute Gasteiger partial charge is 0.385 e. The normalized spacial score (nSPS) is 10.7. The van der Waals surface area contributed by atoms with E-state index >= 15 is 0 Å². The van der Waals surface area contributed by atoms with E-state index in [-0.39, 0.29) is 0 Å². The van der Waals surface area contributed by atoms with Crippen molar-refractivity contribution in [3.63, 3.8) is 0 Å². The van der Waals surface area contributed by atoms with Gasteiger partial charge in [-0.3, -0.25) is 0 Å². The SMILES string of the molecule is Ic1ccc(NCCC(c2ccccc2)c2ccccc2)cc1. The van der Waals surface area contributed by atoms with Crippen molar-refractivity contribution in [1.29, 1.82) is 0 Å². The first-order valence-electron chi connectivity index (χ1n) is 7.92. The van der Waals surface area contributed by atoms with Gasteiger partial charge in [0.25, 0.3) is 0 Å². The molecule has 0 unspecified atom stereocenters. The summed E-state index contributed by atoms with van der Waals surface area (Å²) in [5, 5.41) is 3.54. The lowest BCUT2D eigenvalue weighted by molar-refractivity contribution is 0.745. The minimum Gasteiger partial charge on any atom is -0.385 e. The van der Waals surface area contributed by atoms with Gasteiger partial charge < -0.3 is 5.32 Å². The molecule has 3 rings (SSSR count). The van der Waals surface area contributed by atoms with Gasteiger partial charge in [-0.05, 0) is 64.4 Å². The second kappa shape index (κ2) is 8.16. The van der Waals surface area contributed by atoms with Gasteiger partial charge in [-0.2, -0.15) is 0 Å². The Morgan fingerprint density at radius 3 is 1.74 bits per heavy atom. The molecule has 1 N–H and O–H groups in total. The molecule has 1 nitrogen and oxygen atoms in total. The first kappa shape index (κ1) is 16.1. The Kier molecular flexibility index (Phi) is 5.70. The Bertz CT molecular complexity index is 668. The number of benzene rings is 3. The van der Waals surface area contributed by atoms with E-state index in [1.807, 2.05) is 0 Å². The first-order chi connectivity index (χ1) is 11.3. The van der Waals surface area contributed by atoms with E-state index in [2.05, 4.69) is 113 Å². The zero-order valence-corrected chi connectivity index (χ0v) is 15.1. The van der Waals surface area contributed by atoms with Gasteiger partial charge in [-0.25, -0.2) is 0 Å². The third-order valence-electron chi connectivity index (χ3n) is 4.01. The van der Waals surface area contributed by atoms with E-state index in [9.17, 15) is 0 Å². The maximum absolute atomic E-state index is 3.54. The van der Waals surface area contributed by atoms with Crippen LogP contribution < -0.4 is 5.32 Å². The molecule has 0 heterocycles. The number of hydrogen-bond acceptors (Lipinski definition) is 1. The van der Waals surface area contributed by atoms with Crippen LogP contribution in [0.25, 0.3) is 0 Å². The van der Waals surface area contributed by atoms with E-state index in [1.165, 1.54) is 20.4 Å². The lowest BCUT2D eigenvalue weighted by atomic mass is 9.88. The molecule has 116 valence electrons. The molecule has 3 aromatic carbocycles. The molecule has 3 aromatic rings. The molecule has 2 heteroatoms. The Balaban J connectivity index is 1.71. The van der Waals surface area contributed by atoms with Crippen LogP contribution in [0.1, 0.15) is 23.5 Å². The maximum Gasteiger partial charge on any atom is 0.0340 e. The number of nitrogens with one attached hydrogen (secondary N) is 1. The molecule has 0 aromatic heterocycles. The number of hydrogen-bond donors (Lipinski definition) is 1. The summed E-state index contributed by atoms with van der Waals surface area (Å²) in [6, 6.07) is 30.1. The van der Waals surface area contributed by atoms with Crippen LogP contribution in [0.3, 0.4) is 0 Å². The molecule has 0 aliphatic carbocycles. The van der Waals surface area contributed by atoms with E-state index in [1.54, 1.807) is 0 Å². The molecule has 23 heavy (non-hydrogen) atoms. The van der Waals surface area contributed by atoms with Crippen LogP contribution in [0.4, 0.5) is 5.69 Å². The summed E-state index contributed by atoms with van der Waals surface area (Å²) in [6.45, 7) is 0.953. The molecular weight excluding hydrogens is 393 g/mol. The molecule has 0 saturated carbocycles. The monoisotopic (exact) mass is 413 g/mol. The highest BCUT2D eigenvalue weighted by Crippen LogP contribution is 2.27. The van der Waals surface area contributed by atoms with Crippen molar-refractivity contribution >= 4 is 28.3 Å².